The smallest absolute Gasteiger partial charge is 0.226 e. The van der Waals surface area contributed by atoms with Crippen LogP contribution in [0.5, 0.6) is 0 Å². The lowest BCUT2D eigenvalue weighted by Gasteiger charge is -2.29. The van der Waals surface area contributed by atoms with E-state index in [9.17, 15) is 13.2 Å². The van der Waals surface area contributed by atoms with Crippen molar-refractivity contribution < 1.29 is 17.9 Å². The number of carbonyl (C=O) groups excluding carboxylic acids is 1. The van der Waals surface area contributed by atoms with E-state index in [1.54, 1.807) is 0 Å². The summed E-state index contributed by atoms with van der Waals surface area (Å²) in [6.45, 7) is 3.88. The first kappa shape index (κ1) is 16.8. The molecule has 1 aromatic carbocycles. The van der Waals surface area contributed by atoms with Gasteiger partial charge in [0.15, 0.2) is 9.84 Å². The number of nitrogens with zero attached hydrogens (tertiary/aromatic N) is 1. The molecular weight excluding hydrogens is 304 g/mol. The summed E-state index contributed by atoms with van der Waals surface area (Å²) in [6.07, 6.45) is 0.319. The van der Waals surface area contributed by atoms with Crippen molar-refractivity contribution in [2.75, 3.05) is 48.0 Å². The van der Waals surface area contributed by atoms with E-state index in [4.69, 9.17) is 4.74 Å². The van der Waals surface area contributed by atoms with Crippen LogP contribution in [0.25, 0.3) is 0 Å². The Balaban J connectivity index is 1.94. The molecule has 0 spiro atoms. The average molecular weight is 326 g/mol. The maximum absolute atomic E-state index is 11.8. The third kappa shape index (κ3) is 4.99. The lowest BCUT2D eigenvalue weighted by molar-refractivity contribution is -0.117. The molecule has 0 atom stereocenters. The predicted molar refractivity (Wildman–Crippen MR) is 87.0 cm³/mol. The van der Waals surface area contributed by atoms with Gasteiger partial charge in [0, 0.05) is 31.1 Å². The molecule has 7 heteroatoms. The average Bonchev–Trinajstić information content (AvgIpc) is 2.48. The molecule has 122 valence electrons. The van der Waals surface area contributed by atoms with E-state index in [1.165, 1.54) is 0 Å². The number of benzene rings is 1. The van der Waals surface area contributed by atoms with E-state index >= 15 is 0 Å². The fourth-order valence-corrected chi connectivity index (χ4v) is 3.48. The number of hydrogen-bond donors (Lipinski definition) is 1. The Morgan fingerprint density at radius 3 is 2.73 bits per heavy atom. The van der Waals surface area contributed by atoms with Crippen molar-refractivity contribution in [1.82, 2.24) is 0 Å². The molecule has 1 aliphatic rings. The summed E-state index contributed by atoms with van der Waals surface area (Å²) >= 11 is 0. The molecule has 0 saturated carbocycles. The van der Waals surface area contributed by atoms with Crippen molar-refractivity contribution in [3.05, 3.63) is 24.3 Å². The zero-order valence-electron chi connectivity index (χ0n) is 12.7. The highest BCUT2D eigenvalue weighted by Gasteiger charge is 2.21. The lowest BCUT2D eigenvalue weighted by Crippen LogP contribution is -2.40. The number of anilines is 2. The molecule has 1 fully saturated rings. The van der Waals surface area contributed by atoms with E-state index in [0.29, 0.717) is 38.4 Å². The third-order valence-corrected chi connectivity index (χ3v) is 5.13. The van der Waals surface area contributed by atoms with Gasteiger partial charge >= 0.3 is 0 Å². The SMILES string of the molecule is CCOCCC(=O)Nc1cccc(N2CCS(=O)(=O)CC2)c1. The van der Waals surface area contributed by atoms with Gasteiger partial charge in [0.05, 0.1) is 24.5 Å². The van der Waals surface area contributed by atoms with E-state index in [0.717, 1.165) is 5.69 Å². The quantitative estimate of drug-likeness (QED) is 0.797. The summed E-state index contributed by atoms with van der Waals surface area (Å²) in [5.41, 5.74) is 1.64. The molecule has 0 aliphatic carbocycles. The molecule has 22 heavy (non-hydrogen) atoms. The molecule has 1 aromatic rings. The minimum Gasteiger partial charge on any atom is -0.381 e. The molecule has 1 N–H and O–H groups in total. The highest BCUT2D eigenvalue weighted by molar-refractivity contribution is 7.91. The van der Waals surface area contributed by atoms with Crippen LogP contribution in [0, 0.1) is 0 Å². The minimum atomic E-state index is -2.89. The molecule has 6 nitrogen and oxygen atoms in total. The molecular formula is C15H22N2O4S. The van der Waals surface area contributed by atoms with Crippen LogP contribution in [0.15, 0.2) is 24.3 Å². The zero-order chi connectivity index (χ0) is 16.0. The van der Waals surface area contributed by atoms with E-state index < -0.39 is 9.84 Å². The van der Waals surface area contributed by atoms with Crippen molar-refractivity contribution in [1.29, 1.82) is 0 Å². The number of hydrogen-bond acceptors (Lipinski definition) is 5. The topological polar surface area (TPSA) is 75.7 Å². The first-order valence-electron chi connectivity index (χ1n) is 7.43. The van der Waals surface area contributed by atoms with Crippen LogP contribution in [-0.4, -0.2) is 52.1 Å². The van der Waals surface area contributed by atoms with Crippen LogP contribution >= 0.6 is 0 Å². The zero-order valence-corrected chi connectivity index (χ0v) is 13.6. The van der Waals surface area contributed by atoms with Gasteiger partial charge in [0.1, 0.15) is 0 Å². The van der Waals surface area contributed by atoms with E-state index in [1.807, 2.05) is 36.1 Å². The highest BCUT2D eigenvalue weighted by atomic mass is 32.2. The van der Waals surface area contributed by atoms with Crippen LogP contribution in [0.1, 0.15) is 13.3 Å². The van der Waals surface area contributed by atoms with Gasteiger partial charge in [0.2, 0.25) is 5.91 Å². The summed E-state index contributed by atoms with van der Waals surface area (Å²) in [6, 6.07) is 7.48. The Labute approximate surface area is 131 Å². The summed E-state index contributed by atoms with van der Waals surface area (Å²) in [7, 11) is -2.89. The van der Waals surface area contributed by atoms with Crippen molar-refractivity contribution in [2.45, 2.75) is 13.3 Å². The number of ether oxygens (including phenoxy) is 1. The molecule has 0 unspecified atom stereocenters. The van der Waals surface area contributed by atoms with Gasteiger partial charge in [-0.25, -0.2) is 8.42 Å². The largest absolute Gasteiger partial charge is 0.381 e. The molecule has 1 saturated heterocycles. The van der Waals surface area contributed by atoms with Crippen molar-refractivity contribution >= 4 is 27.1 Å². The van der Waals surface area contributed by atoms with Gasteiger partial charge in [0.25, 0.3) is 0 Å². The van der Waals surface area contributed by atoms with Gasteiger partial charge in [-0.05, 0) is 25.1 Å². The van der Waals surface area contributed by atoms with Gasteiger partial charge < -0.3 is 15.0 Å². The summed E-state index contributed by atoms with van der Waals surface area (Å²) < 4.78 is 28.1. The third-order valence-electron chi connectivity index (χ3n) is 3.52. The van der Waals surface area contributed by atoms with Crippen molar-refractivity contribution in [2.24, 2.45) is 0 Å². The molecule has 0 radical (unpaired) electrons. The van der Waals surface area contributed by atoms with Gasteiger partial charge in [-0.1, -0.05) is 6.07 Å². The van der Waals surface area contributed by atoms with Crippen LogP contribution < -0.4 is 10.2 Å². The molecule has 0 aromatic heterocycles. The first-order chi connectivity index (χ1) is 10.5. The number of amides is 1. The fraction of sp³-hybridized carbons (Fsp3) is 0.533. The maximum atomic E-state index is 11.8. The maximum Gasteiger partial charge on any atom is 0.226 e. The predicted octanol–water partition coefficient (Wildman–Crippen LogP) is 1.29. The van der Waals surface area contributed by atoms with Crippen LogP contribution in [0.4, 0.5) is 11.4 Å². The summed E-state index contributed by atoms with van der Waals surface area (Å²) in [4.78, 5) is 13.8. The molecule has 0 bridgehead atoms. The Morgan fingerprint density at radius 1 is 1.32 bits per heavy atom. The molecule has 2 rings (SSSR count). The van der Waals surface area contributed by atoms with Crippen LogP contribution in [0.2, 0.25) is 0 Å². The summed E-state index contributed by atoms with van der Waals surface area (Å²) in [5, 5.41) is 2.83. The summed E-state index contributed by atoms with van der Waals surface area (Å²) in [5.74, 6) is 0.266. The number of sulfone groups is 1. The number of rotatable bonds is 6. The molecule has 1 amide bonds. The minimum absolute atomic E-state index is 0.0909. The van der Waals surface area contributed by atoms with Crippen molar-refractivity contribution in [3.8, 4) is 0 Å². The number of nitrogens with one attached hydrogen (secondary N) is 1. The first-order valence-corrected chi connectivity index (χ1v) is 9.25. The van der Waals surface area contributed by atoms with Crippen molar-refractivity contribution in [3.63, 3.8) is 0 Å². The second-order valence-electron chi connectivity index (χ2n) is 5.18. The second kappa shape index (κ2) is 7.60. The van der Waals surface area contributed by atoms with Gasteiger partial charge in [-0.3, -0.25) is 4.79 Å². The van der Waals surface area contributed by atoms with Gasteiger partial charge in [-0.15, -0.1) is 0 Å². The highest BCUT2D eigenvalue weighted by Crippen LogP contribution is 2.21. The van der Waals surface area contributed by atoms with Gasteiger partial charge in [-0.2, -0.15) is 0 Å². The molecule has 1 heterocycles. The number of carbonyl (C=O) groups is 1. The standard InChI is InChI=1S/C15H22N2O4S/c1-2-21-9-6-15(18)16-13-4-3-5-14(12-13)17-7-10-22(19,20)11-8-17/h3-5,12H,2,6-11H2,1H3,(H,16,18). The lowest BCUT2D eigenvalue weighted by atomic mass is 10.2. The normalized spacial score (nSPS) is 17.2. The second-order valence-corrected chi connectivity index (χ2v) is 7.49. The Bertz CT molecular complexity index is 602. The molecule has 1 aliphatic heterocycles. The van der Waals surface area contributed by atoms with Crippen LogP contribution in [-0.2, 0) is 19.4 Å². The monoisotopic (exact) mass is 326 g/mol. The fourth-order valence-electron chi connectivity index (χ4n) is 2.28. The van der Waals surface area contributed by atoms with E-state index in [-0.39, 0.29) is 17.4 Å². The van der Waals surface area contributed by atoms with E-state index in [2.05, 4.69) is 5.32 Å². The Hall–Kier alpha value is -1.60. The Kier molecular flexibility index (Phi) is 5.79. The Morgan fingerprint density at radius 2 is 2.05 bits per heavy atom. The van der Waals surface area contributed by atoms with Crippen LogP contribution in [0.3, 0.4) is 0 Å².